The molecule has 1 aromatic heterocycles. The van der Waals surface area contributed by atoms with E-state index in [1.165, 1.54) is 25.3 Å². The molecule has 0 amide bonds. The van der Waals surface area contributed by atoms with Crippen LogP contribution in [0.5, 0.6) is 11.5 Å². The lowest BCUT2D eigenvalue weighted by Crippen LogP contribution is -2.07. The molecule has 0 saturated carbocycles. The first-order valence-electron chi connectivity index (χ1n) is 9.36. The fraction of sp³-hybridized carbons (Fsp3) is 0.125. The highest BCUT2D eigenvalue weighted by Crippen LogP contribution is 2.36. The summed E-state index contributed by atoms with van der Waals surface area (Å²) in [4.78, 5) is 4.64. The second kappa shape index (κ2) is 8.43. The first-order valence-corrected chi connectivity index (χ1v) is 10.2. The van der Waals surface area contributed by atoms with Gasteiger partial charge in [0.1, 0.15) is 16.5 Å². The van der Waals surface area contributed by atoms with Gasteiger partial charge in [0, 0.05) is 5.56 Å². The molecular formula is C24H18F3NO2S. The lowest BCUT2D eigenvalue weighted by Gasteiger charge is -2.12. The van der Waals surface area contributed by atoms with Crippen LogP contribution in [0.3, 0.4) is 0 Å². The number of hydrogen-bond donors (Lipinski definition) is 0. The van der Waals surface area contributed by atoms with Gasteiger partial charge in [-0.15, -0.1) is 11.3 Å². The van der Waals surface area contributed by atoms with Crippen molar-refractivity contribution in [3.8, 4) is 22.1 Å². The van der Waals surface area contributed by atoms with Crippen LogP contribution in [-0.2, 0) is 6.18 Å². The first kappa shape index (κ1) is 20.9. The molecule has 158 valence electrons. The minimum absolute atomic E-state index is 0.0810. The van der Waals surface area contributed by atoms with Crippen molar-refractivity contribution >= 4 is 33.7 Å². The molecule has 7 heteroatoms. The maximum Gasteiger partial charge on any atom is 0.417 e. The Morgan fingerprint density at radius 1 is 0.839 bits per heavy atom. The fourth-order valence-corrected chi connectivity index (χ4v) is 4.13. The standard InChI is InChI=1S/C24H18F3NO2S/c1-29-18-10-9-16(20(13-18)24(25,26)27)6-3-15-4-7-17(8-5-15)23-28-21-12-11-19(30-2)14-22(21)31-23/h3-14H,1-2H3. The summed E-state index contributed by atoms with van der Waals surface area (Å²) in [6.45, 7) is 0. The van der Waals surface area contributed by atoms with Crippen LogP contribution in [0.4, 0.5) is 13.2 Å². The van der Waals surface area contributed by atoms with E-state index in [9.17, 15) is 13.2 Å². The summed E-state index contributed by atoms with van der Waals surface area (Å²) in [7, 11) is 2.97. The van der Waals surface area contributed by atoms with Crippen molar-refractivity contribution in [2.45, 2.75) is 6.18 Å². The topological polar surface area (TPSA) is 31.4 Å². The van der Waals surface area contributed by atoms with Gasteiger partial charge in [-0.05, 0) is 41.5 Å². The van der Waals surface area contributed by atoms with Crippen LogP contribution in [0.15, 0.2) is 60.7 Å². The Morgan fingerprint density at radius 3 is 2.19 bits per heavy atom. The van der Waals surface area contributed by atoms with E-state index in [0.717, 1.165) is 38.2 Å². The number of nitrogens with zero attached hydrogens (tertiary/aromatic N) is 1. The van der Waals surface area contributed by atoms with Crippen LogP contribution in [0.25, 0.3) is 32.9 Å². The molecule has 1 heterocycles. The zero-order chi connectivity index (χ0) is 22.0. The summed E-state index contributed by atoms with van der Waals surface area (Å²) in [5.41, 5.74) is 1.97. The number of fused-ring (bicyclic) bond motifs is 1. The number of rotatable bonds is 5. The van der Waals surface area contributed by atoms with Crippen molar-refractivity contribution in [2.75, 3.05) is 14.2 Å². The highest BCUT2D eigenvalue weighted by molar-refractivity contribution is 7.21. The maximum atomic E-state index is 13.4. The van der Waals surface area contributed by atoms with Crippen LogP contribution < -0.4 is 9.47 Å². The molecule has 4 aromatic rings. The molecule has 0 N–H and O–H groups in total. The van der Waals surface area contributed by atoms with Gasteiger partial charge < -0.3 is 9.47 Å². The fourth-order valence-electron chi connectivity index (χ4n) is 3.13. The third-order valence-corrected chi connectivity index (χ3v) is 5.84. The van der Waals surface area contributed by atoms with Crippen molar-refractivity contribution in [3.05, 3.63) is 77.4 Å². The van der Waals surface area contributed by atoms with Gasteiger partial charge in [-0.1, -0.05) is 42.5 Å². The summed E-state index contributed by atoms with van der Waals surface area (Å²) < 4.78 is 51.3. The van der Waals surface area contributed by atoms with Gasteiger partial charge in [-0.3, -0.25) is 0 Å². The Labute approximate surface area is 181 Å². The molecule has 0 aliphatic rings. The Morgan fingerprint density at radius 2 is 1.52 bits per heavy atom. The highest BCUT2D eigenvalue weighted by Gasteiger charge is 2.33. The van der Waals surface area contributed by atoms with Crippen molar-refractivity contribution < 1.29 is 22.6 Å². The van der Waals surface area contributed by atoms with Crippen molar-refractivity contribution in [2.24, 2.45) is 0 Å². The van der Waals surface area contributed by atoms with Crippen LogP contribution in [0.2, 0.25) is 0 Å². The van der Waals surface area contributed by atoms with Crippen molar-refractivity contribution in [1.29, 1.82) is 0 Å². The minimum atomic E-state index is -4.46. The third-order valence-electron chi connectivity index (χ3n) is 4.77. The van der Waals surface area contributed by atoms with E-state index in [2.05, 4.69) is 4.98 Å². The highest BCUT2D eigenvalue weighted by atomic mass is 32.1. The summed E-state index contributed by atoms with van der Waals surface area (Å²) >= 11 is 1.56. The molecule has 0 aliphatic carbocycles. The van der Waals surface area contributed by atoms with E-state index in [0.29, 0.717) is 0 Å². The Balaban J connectivity index is 1.59. The molecule has 0 atom stereocenters. The predicted molar refractivity (Wildman–Crippen MR) is 119 cm³/mol. The molecule has 0 unspecified atom stereocenters. The smallest absolute Gasteiger partial charge is 0.417 e. The van der Waals surface area contributed by atoms with Crippen molar-refractivity contribution in [3.63, 3.8) is 0 Å². The van der Waals surface area contributed by atoms with Crippen molar-refractivity contribution in [1.82, 2.24) is 4.98 Å². The normalized spacial score (nSPS) is 11.9. The molecule has 0 radical (unpaired) electrons. The van der Waals surface area contributed by atoms with E-state index < -0.39 is 11.7 Å². The van der Waals surface area contributed by atoms with Crippen LogP contribution in [0.1, 0.15) is 16.7 Å². The Bertz CT molecular complexity index is 1240. The molecule has 0 saturated heterocycles. The van der Waals surface area contributed by atoms with Gasteiger partial charge in [0.15, 0.2) is 0 Å². The van der Waals surface area contributed by atoms with Gasteiger partial charge in [-0.2, -0.15) is 13.2 Å². The lowest BCUT2D eigenvalue weighted by atomic mass is 10.0. The molecule has 3 nitrogen and oxygen atoms in total. The third kappa shape index (κ3) is 4.56. The predicted octanol–water partition coefficient (Wildman–Crippen LogP) is 7.17. The number of aromatic nitrogens is 1. The monoisotopic (exact) mass is 441 g/mol. The second-order valence-electron chi connectivity index (χ2n) is 6.76. The Kier molecular flexibility index (Phi) is 5.69. The average Bonchev–Trinajstić information content (AvgIpc) is 3.20. The SMILES string of the molecule is COc1ccc(C=Cc2ccc(-c3nc4ccc(OC)cc4s3)cc2)c(C(F)(F)F)c1. The number of halogens is 3. The van der Waals surface area contributed by atoms with E-state index in [1.54, 1.807) is 24.5 Å². The maximum absolute atomic E-state index is 13.4. The zero-order valence-electron chi connectivity index (χ0n) is 16.7. The number of ether oxygens (including phenoxy) is 2. The van der Waals surface area contributed by atoms with Crippen LogP contribution in [-0.4, -0.2) is 19.2 Å². The minimum Gasteiger partial charge on any atom is -0.497 e. The first-order chi connectivity index (χ1) is 14.9. The van der Waals surface area contributed by atoms with Gasteiger partial charge in [-0.25, -0.2) is 4.98 Å². The summed E-state index contributed by atoms with van der Waals surface area (Å²) in [6.07, 6.45) is -1.35. The van der Waals surface area contributed by atoms with E-state index in [4.69, 9.17) is 9.47 Å². The van der Waals surface area contributed by atoms with E-state index in [-0.39, 0.29) is 11.3 Å². The lowest BCUT2D eigenvalue weighted by molar-refractivity contribution is -0.137. The van der Waals surface area contributed by atoms with Gasteiger partial charge in [0.2, 0.25) is 0 Å². The number of methoxy groups -OCH3 is 2. The molecule has 31 heavy (non-hydrogen) atoms. The Hall–Kier alpha value is -3.32. The van der Waals surface area contributed by atoms with Crippen LogP contribution >= 0.6 is 11.3 Å². The molecule has 0 spiro atoms. The van der Waals surface area contributed by atoms with Gasteiger partial charge >= 0.3 is 6.18 Å². The van der Waals surface area contributed by atoms with E-state index in [1.807, 2.05) is 42.5 Å². The number of hydrogen-bond acceptors (Lipinski definition) is 4. The molecule has 4 rings (SSSR count). The average molecular weight is 441 g/mol. The number of benzene rings is 3. The molecule has 3 aromatic carbocycles. The summed E-state index contributed by atoms with van der Waals surface area (Å²) in [6, 6.07) is 17.2. The quantitative estimate of drug-likeness (QED) is 0.308. The summed E-state index contributed by atoms with van der Waals surface area (Å²) in [5.74, 6) is 0.947. The molecular weight excluding hydrogens is 423 g/mol. The largest absolute Gasteiger partial charge is 0.497 e. The summed E-state index contributed by atoms with van der Waals surface area (Å²) in [5, 5.41) is 0.869. The molecule has 0 fully saturated rings. The zero-order valence-corrected chi connectivity index (χ0v) is 17.6. The number of thiazole rings is 1. The van der Waals surface area contributed by atoms with Crippen LogP contribution in [0, 0.1) is 0 Å². The van der Waals surface area contributed by atoms with Gasteiger partial charge in [0.05, 0.1) is 30.0 Å². The second-order valence-corrected chi connectivity index (χ2v) is 7.79. The number of alkyl halides is 3. The molecule has 0 aliphatic heterocycles. The van der Waals surface area contributed by atoms with Gasteiger partial charge in [0.25, 0.3) is 0 Å². The molecule has 0 bridgehead atoms. The van der Waals surface area contributed by atoms with E-state index >= 15 is 0 Å².